The Balaban J connectivity index is 2.28. The maximum absolute atomic E-state index is 9.31. The van der Waals surface area contributed by atoms with Crippen LogP contribution in [0, 0.1) is 0 Å². The minimum Gasteiger partial charge on any atom is -0.390 e. The van der Waals surface area contributed by atoms with E-state index in [2.05, 4.69) is 17.6 Å². The number of aryl methyl sites for hydroxylation is 1. The van der Waals surface area contributed by atoms with E-state index >= 15 is 0 Å². The van der Waals surface area contributed by atoms with Crippen LogP contribution in [-0.2, 0) is 19.6 Å². The van der Waals surface area contributed by atoms with E-state index in [1.54, 1.807) is 0 Å². The van der Waals surface area contributed by atoms with Gasteiger partial charge in [-0.15, -0.1) is 0 Å². The maximum atomic E-state index is 9.31. The average Bonchev–Trinajstić information content (AvgIpc) is 2.74. The van der Waals surface area contributed by atoms with Crippen molar-refractivity contribution in [2.24, 2.45) is 0 Å². The van der Waals surface area contributed by atoms with Crippen LogP contribution in [0.2, 0.25) is 5.02 Å². The van der Waals surface area contributed by atoms with Gasteiger partial charge in [-0.05, 0) is 36.2 Å². The third-order valence-electron chi connectivity index (χ3n) is 2.94. The topological polar surface area (TPSA) is 25.2 Å². The first-order chi connectivity index (χ1) is 8.24. The molecule has 0 atom stereocenters. The van der Waals surface area contributed by atoms with Crippen molar-refractivity contribution in [2.45, 2.75) is 26.5 Å². The van der Waals surface area contributed by atoms with Crippen LogP contribution in [0.5, 0.6) is 0 Å². The molecule has 1 aromatic heterocycles. The molecule has 2 nitrogen and oxygen atoms in total. The van der Waals surface area contributed by atoms with Crippen molar-refractivity contribution in [3.8, 4) is 0 Å². The molecule has 1 aromatic carbocycles. The Kier molecular flexibility index (Phi) is 3.87. The lowest BCUT2D eigenvalue weighted by atomic mass is 10.2. The van der Waals surface area contributed by atoms with Crippen LogP contribution in [0.1, 0.15) is 23.9 Å². The van der Waals surface area contributed by atoms with Crippen molar-refractivity contribution in [3.63, 3.8) is 0 Å². The summed E-state index contributed by atoms with van der Waals surface area (Å²) in [7, 11) is 0. The number of aliphatic hydroxyl groups excluding tert-OH is 1. The molecule has 2 rings (SSSR count). The van der Waals surface area contributed by atoms with Gasteiger partial charge in [0.2, 0.25) is 0 Å². The summed E-state index contributed by atoms with van der Waals surface area (Å²) < 4.78 is 2.16. The third-order valence-corrected chi connectivity index (χ3v) is 3.19. The molecule has 0 aliphatic heterocycles. The predicted octanol–water partition coefficient (Wildman–Crippen LogP) is 3.24. The fourth-order valence-corrected chi connectivity index (χ4v) is 2.11. The van der Waals surface area contributed by atoms with Gasteiger partial charge in [-0.25, -0.2) is 0 Å². The van der Waals surface area contributed by atoms with Crippen molar-refractivity contribution in [1.29, 1.82) is 0 Å². The van der Waals surface area contributed by atoms with E-state index in [9.17, 15) is 5.11 Å². The summed E-state index contributed by atoms with van der Waals surface area (Å²) in [5, 5.41) is 10.1. The molecule has 2 aromatic rings. The molecule has 0 unspecified atom stereocenters. The van der Waals surface area contributed by atoms with Crippen molar-refractivity contribution in [1.82, 2.24) is 4.57 Å². The van der Waals surface area contributed by atoms with Gasteiger partial charge in [0.25, 0.3) is 0 Å². The minimum absolute atomic E-state index is 0.0770. The molecular formula is C14H16ClNO. The quantitative estimate of drug-likeness (QED) is 0.884. The Labute approximate surface area is 106 Å². The normalized spacial score (nSPS) is 10.8. The van der Waals surface area contributed by atoms with Crippen molar-refractivity contribution >= 4 is 11.6 Å². The summed E-state index contributed by atoms with van der Waals surface area (Å²) in [6, 6.07) is 11.9. The van der Waals surface area contributed by atoms with Gasteiger partial charge in [0.1, 0.15) is 0 Å². The molecule has 0 saturated carbocycles. The highest BCUT2D eigenvalue weighted by molar-refractivity contribution is 6.30. The zero-order chi connectivity index (χ0) is 12.3. The van der Waals surface area contributed by atoms with Gasteiger partial charge in [-0.1, -0.05) is 30.7 Å². The van der Waals surface area contributed by atoms with Crippen LogP contribution in [0.25, 0.3) is 0 Å². The summed E-state index contributed by atoms with van der Waals surface area (Å²) in [5.41, 5.74) is 3.39. The fraction of sp³-hybridized carbons (Fsp3) is 0.286. The molecule has 0 bridgehead atoms. The number of aromatic nitrogens is 1. The smallest absolute Gasteiger partial charge is 0.0833 e. The van der Waals surface area contributed by atoms with Gasteiger partial charge in [0, 0.05) is 23.0 Å². The monoisotopic (exact) mass is 249 g/mol. The van der Waals surface area contributed by atoms with E-state index < -0.39 is 0 Å². The second kappa shape index (κ2) is 5.39. The highest BCUT2D eigenvalue weighted by Crippen LogP contribution is 2.15. The van der Waals surface area contributed by atoms with Gasteiger partial charge in [0.15, 0.2) is 0 Å². The van der Waals surface area contributed by atoms with Gasteiger partial charge in [0.05, 0.1) is 6.61 Å². The van der Waals surface area contributed by atoms with E-state index in [1.165, 1.54) is 11.3 Å². The molecule has 90 valence electrons. The summed E-state index contributed by atoms with van der Waals surface area (Å²) in [4.78, 5) is 0. The summed E-state index contributed by atoms with van der Waals surface area (Å²) >= 11 is 5.86. The SMILES string of the molecule is CCc1ccc(CO)n1Cc1ccc(Cl)cc1. The van der Waals surface area contributed by atoms with Crippen LogP contribution >= 0.6 is 11.6 Å². The molecule has 0 amide bonds. The molecule has 0 fully saturated rings. The molecule has 0 aliphatic carbocycles. The van der Waals surface area contributed by atoms with Crippen LogP contribution in [0.15, 0.2) is 36.4 Å². The number of nitrogens with zero attached hydrogens (tertiary/aromatic N) is 1. The van der Waals surface area contributed by atoms with Crippen LogP contribution in [0.3, 0.4) is 0 Å². The predicted molar refractivity (Wildman–Crippen MR) is 70.3 cm³/mol. The fourth-order valence-electron chi connectivity index (χ4n) is 1.98. The summed E-state index contributed by atoms with van der Waals surface area (Å²) in [5.74, 6) is 0. The maximum Gasteiger partial charge on any atom is 0.0833 e. The van der Waals surface area contributed by atoms with Crippen LogP contribution in [0.4, 0.5) is 0 Å². The second-order valence-electron chi connectivity index (χ2n) is 4.04. The van der Waals surface area contributed by atoms with Gasteiger partial charge in [-0.2, -0.15) is 0 Å². The molecule has 0 radical (unpaired) electrons. The zero-order valence-corrected chi connectivity index (χ0v) is 10.6. The van der Waals surface area contributed by atoms with E-state index in [-0.39, 0.29) is 6.61 Å². The van der Waals surface area contributed by atoms with Crippen LogP contribution < -0.4 is 0 Å². The zero-order valence-electron chi connectivity index (χ0n) is 9.86. The number of hydrogen-bond acceptors (Lipinski definition) is 1. The largest absolute Gasteiger partial charge is 0.390 e. The van der Waals surface area contributed by atoms with E-state index in [1.807, 2.05) is 30.3 Å². The first-order valence-electron chi connectivity index (χ1n) is 5.77. The lowest BCUT2D eigenvalue weighted by molar-refractivity contribution is 0.271. The Hall–Kier alpha value is -1.25. The van der Waals surface area contributed by atoms with Gasteiger partial charge < -0.3 is 9.67 Å². The number of benzene rings is 1. The molecule has 3 heteroatoms. The Morgan fingerprint density at radius 2 is 1.71 bits per heavy atom. The standard InChI is InChI=1S/C14H16ClNO/c1-2-13-7-8-14(10-17)16(13)9-11-3-5-12(15)6-4-11/h3-8,17H,2,9-10H2,1H3. The van der Waals surface area contributed by atoms with Gasteiger partial charge >= 0.3 is 0 Å². The number of halogens is 1. The lowest BCUT2D eigenvalue weighted by Gasteiger charge is -2.11. The van der Waals surface area contributed by atoms with Crippen molar-refractivity contribution < 1.29 is 5.11 Å². The first-order valence-corrected chi connectivity index (χ1v) is 6.15. The summed E-state index contributed by atoms with van der Waals surface area (Å²) in [6.07, 6.45) is 0.966. The molecule has 0 spiro atoms. The molecular weight excluding hydrogens is 234 g/mol. The average molecular weight is 250 g/mol. The Morgan fingerprint density at radius 1 is 1.06 bits per heavy atom. The van der Waals surface area contributed by atoms with Crippen molar-refractivity contribution in [2.75, 3.05) is 0 Å². The first kappa shape index (κ1) is 12.2. The lowest BCUT2D eigenvalue weighted by Crippen LogP contribution is -2.07. The third kappa shape index (κ3) is 2.71. The molecule has 17 heavy (non-hydrogen) atoms. The van der Waals surface area contributed by atoms with E-state index in [4.69, 9.17) is 11.6 Å². The summed E-state index contributed by atoms with van der Waals surface area (Å²) in [6.45, 7) is 2.98. The highest BCUT2D eigenvalue weighted by atomic mass is 35.5. The van der Waals surface area contributed by atoms with Crippen molar-refractivity contribution in [3.05, 3.63) is 58.4 Å². The minimum atomic E-state index is 0.0770. The Morgan fingerprint density at radius 3 is 2.29 bits per heavy atom. The van der Waals surface area contributed by atoms with Gasteiger partial charge in [-0.3, -0.25) is 0 Å². The molecule has 1 heterocycles. The van der Waals surface area contributed by atoms with E-state index in [0.717, 1.165) is 23.7 Å². The number of aliphatic hydroxyl groups is 1. The molecule has 0 aliphatic rings. The molecule has 1 N–H and O–H groups in total. The second-order valence-corrected chi connectivity index (χ2v) is 4.48. The van der Waals surface area contributed by atoms with Crippen LogP contribution in [-0.4, -0.2) is 9.67 Å². The Bertz CT molecular complexity index is 466. The number of rotatable bonds is 4. The highest BCUT2D eigenvalue weighted by Gasteiger charge is 2.06. The number of hydrogen-bond donors (Lipinski definition) is 1. The van der Waals surface area contributed by atoms with E-state index in [0.29, 0.717) is 0 Å². The molecule has 0 saturated heterocycles.